The van der Waals surface area contributed by atoms with Crippen LogP contribution in [-0.2, 0) is 24.7 Å². The Labute approximate surface area is 159 Å². The predicted octanol–water partition coefficient (Wildman–Crippen LogP) is 0.756. The van der Waals surface area contributed by atoms with E-state index in [1.54, 1.807) is 20.8 Å². The van der Waals surface area contributed by atoms with Gasteiger partial charge in [0.2, 0.25) is 0 Å². The molecule has 150 valence electrons. The van der Waals surface area contributed by atoms with E-state index >= 15 is 0 Å². The fourth-order valence-corrected chi connectivity index (χ4v) is 3.08. The number of carbonyl (C=O) groups excluding carboxylic acids is 4. The molecule has 1 aromatic rings. The minimum Gasteiger partial charge on any atom is -0.480 e. The normalized spacial score (nSPS) is 23.9. The van der Waals surface area contributed by atoms with Gasteiger partial charge in [-0.1, -0.05) is 0 Å². The van der Waals surface area contributed by atoms with Crippen molar-refractivity contribution in [2.75, 3.05) is 6.73 Å². The number of rotatable bonds is 3. The number of ether oxygens (including phenoxy) is 2. The van der Waals surface area contributed by atoms with Gasteiger partial charge in [-0.15, -0.1) is 0 Å². The van der Waals surface area contributed by atoms with Gasteiger partial charge >= 0.3 is 12.0 Å². The fourth-order valence-electron chi connectivity index (χ4n) is 3.08. The van der Waals surface area contributed by atoms with Gasteiger partial charge in [0.05, 0.1) is 5.41 Å². The van der Waals surface area contributed by atoms with Crippen LogP contribution in [0.25, 0.3) is 0 Å². The number of nitrogens with one attached hydrogen (secondary N) is 1. The van der Waals surface area contributed by atoms with Gasteiger partial charge in [0.25, 0.3) is 11.8 Å². The lowest BCUT2D eigenvalue weighted by atomic mass is 9.81. The van der Waals surface area contributed by atoms with E-state index < -0.39 is 53.4 Å². The molecular weight excluding hydrogens is 373 g/mol. The van der Waals surface area contributed by atoms with Gasteiger partial charge in [-0.25, -0.2) is 14.1 Å². The second-order valence-electron chi connectivity index (χ2n) is 7.73. The summed E-state index contributed by atoms with van der Waals surface area (Å²) in [5.74, 6) is -2.84. The maximum Gasteiger partial charge on any atom is 0.328 e. The number of nitrogens with zero attached hydrogens (tertiary/aromatic N) is 1. The number of amides is 4. The van der Waals surface area contributed by atoms with Gasteiger partial charge in [0, 0.05) is 12.0 Å². The summed E-state index contributed by atoms with van der Waals surface area (Å²) in [6.45, 7) is 4.25. The summed E-state index contributed by atoms with van der Waals surface area (Å²) >= 11 is 0. The van der Waals surface area contributed by atoms with Crippen LogP contribution >= 0.6 is 0 Å². The minimum atomic E-state index is -1.75. The highest BCUT2D eigenvalue weighted by Gasteiger charge is 2.58. The summed E-state index contributed by atoms with van der Waals surface area (Å²) in [5.41, 5.74) is 2.80. The first kappa shape index (κ1) is 19.6. The Hall–Kier alpha value is -3.17. The van der Waals surface area contributed by atoms with Crippen LogP contribution in [0, 0.1) is 11.2 Å². The molecule has 2 aliphatic heterocycles. The second-order valence-corrected chi connectivity index (χ2v) is 7.73. The Kier molecular flexibility index (Phi) is 4.52. The molecule has 1 saturated heterocycles. The van der Waals surface area contributed by atoms with E-state index in [2.05, 4.69) is 5.32 Å². The number of halogens is 1. The molecule has 0 aromatic heterocycles. The maximum atomic E-state index is 13.8. The van der Waals surface area contributed by atoms with E-state index in [0.717, 1.165) is 12.1 Å². The summed E-state index contributed by atoms with van der Waals surface area (Å²) in [4.78, 5) is 49.9. The molecule has 9 nitrogen and oxygen atoms in total. The lowest BCUT2D eigenvalue weighted by Gasteiger charge is -2.36. The van der Waals surface area contributed by atoms with E-state index in [1.807, 2.05) is 0 Å². The van der Waals surface area contributed by atoms with Crippen molar-refractivity contribution in [3.8, 4) is 5.75 Å². The Morgan fingerprint density at radius 2 is 2.07 bits per heavy atom. The lowest BCUT2D eigenvalue weighted by Crippen LogP contribution is -2.53. The zero-order valence-corrected chi connectivity index (χ0v) is 15.6. The molecule has 2 aliphatic rings. The zero-order chi connectivity index (χ0) is 20.9. The van der Waals surface area contributed by atoms with Crippen molar-refractivity contribution in [3.05, 3.63) is 29.6 Å². The van der Waals surface area contributed by atoms with Crippen molar-refractivity contribution in [1.82, 2.24) is 10.2 Å². The van der Waals surface area contributed by atoms with Crippen LogP contribution in [0.2, 0.25) is 0 Å². The molecule has 1 aromatic carbocycles. The molecule has 0 radical (unpaired) electrons. The van der Waals surface area contributed by atoms with Crippen LogP contribution in [0.5, 0.6) is 5.75 Å². The first-order chi connectivity index (χ1) is 13.0. The quantitative estimate of drug-likeness (QED) is 0.576. The van der Waals surface area contributed by atoms with Crippen LogP contribution in [0.3, 0.4) is 0 Å². The molecule has 0 saturated carbocycles. The number of benzene rings is 1. The highest BCUT2D eigenvalue weighted by atomic mass is 19.1. The third-order valence-corrected chi connectivity index (χ3v) is 4.59. The van der Waals surface area contributed by atoms with Gasteiger partial charge in [0.1, 0.15) is 11.6 Å². The average molecular weight is 393 g/mol. The number of nitrogens with two attached hydrogens (primary N) is 1. The molecule has 28 heavy (non-hydrogen) atoms. The van der Waals surface area contributed by atoms with Crippen LogP contribution < -0.4 is 15.8 Å². The number of carbonyl (C=O) groups is 4. The summed E-state index contributed by atoms with van der Waals surface area (Å²) in [7, 11) is 0. The number of primary amides is 1. The first-order valence-corrected chi connectivity index (χ1v) is 8.53. The summed E-state index contributed by atoms with van der Waals surface area (Å²) < 4.78 is 24.3. The van der Waals surface area contributed by atoms with Crippen LogP contribution in [-0.4, -0.2) is 41.5 Å². The Morgan fingerprint density at radius 3 is 2.68 bits per heavy atom. The number of hydrogen-bond acceptors (Lipinski definition) is 6. The number of urea groups is 1. The lowest BCUT2D eigenvalue weighted by molar-refractivity contribution is -0.158. The third kappa shape index (κ3) is 3.14. The van der Waals surface area contributed by atoms with Crippen molar-refractivity contribution >= 4 is 23.8 Å². The third-order valence-electron chi connectivity index (χ3n) is 4.59. The van der Waals surface area contributed by atoms with Crippen molar-refractivity contribution in [1.29, 1.82) is 0 Å². The molecule has 3 N–H and O–H groups in total. The van der Waals surface area contributed by atoms with E-state index in [4.69, 9.17) is 15.2 Å². The molecule has 2 heterocycles. The van der Waals surface area contributed by atoms with Crippen molar-refractivity contribution in [3.63, 3.8) is 0 Å². The fraction of sp³-hybridized carbons (Fsp3) is 0.444. The highest BCUT2D eigenvalue weighted by Crippen LogP contribution is 2.43. The minimum absolute atomic E-state index is 0.0543. The standard InChI is InChI=1S/C18H20FN3O6/c1-17(2,3)15(25)27-8-22-14(24)18(21-16(22)26)7-12(13(20)23)28-11-5-4-9(19)6-10(11)18/h4-6,12H,7-8H2,1-3H3,(H2,20,23)(H,21,26). The van der Waals surface area contributed by atoms with E-state index in [-0.39, 0.29) is 17.7 Å². The first-order valence-electron chi connectivity index (χ1n) is 8.53. The second kappa shape index (κ2) is 6.47. The van der Waals surface area contributed by atoms with Crippen LogP contribution in [0.15, 0.2) is 18.2 Å². The van der Waals surface area contributed by atoms with Crippen LogP contribution in [0.4, 0.5) is 9.18 Å². The molecule has 0 aliphatic carbocycles. The van der Waals surface area contributed by atoms with Crippen molar-refractivity contribution in [2.45, 2.75) is 38.8 Å². The SMILES string of the molecule is CC(C)(C)C(=O)OCN1C(=O)NC2(CC(C(N)=O)Oc3ccc(F)cc32)C1=O. The molecule has 4 amide bonds. The number of esters is 1. The summed E-state index contributed by atoms with van der Waals surface area (Å²) in [6, 6.07) is 2.56. The van der Waals surface area contributed by atoms with Gasteiger partial charge < -0.3 is 20.5 Å². The highest BCUT2D eigenvalue weighted by molar-refractivity contribution is 6.08. The summed E-state index contributed by atoms with van der Waals surface area (Å²) in [5, 5.41) is 2.49. The number of imide groups is 1. The molecule has 3 rings (SSSR count). The molecule has 0 bridgehead atoms. The Morgan fingerprint density at radius 1 is 1.39 bits per heavy atom. The van der Waals surface area contributed by atoms with Gasteiger partial charge in [-0.2, -0.15) is 0 Å². The molecule has 10 heteroatoms. The smallest absolute Gasteiger partial charge is 0.328 e. The predicted molar refractivity (Wildman–Crippen MR) is 92.1 cm³/mol. The van der Waals surface area contributed by atoms with Gasteiger partial charge in [-0.05, 0) is 39.0 Å². The van der Waals surface area contributed by atoms with Gasteiger partial charge in [0.15, 0.2) is 18.4 Å². The van der Waals surface area contributed by atoms with Crippen molar-refractivity contribution in [2.24, 2.45) is 11.1 Å². The van der Waals surface area contributed by atoms with Crippen molar-refractivity contribution < 1.29 is 33.0 Å². The Bertz CT molecular complexity index is 881. The molecular formula is C18H20FN3O6. The monoisotopic (exact) mass is 393 g/mol. The molecule has 2 unspecified atom stereocenters. The molecule has 2 atom stereocenters. The topological polar surface area (TPSA) is 128 Å². The maximum absolute atomic E-state index is 13.8. The number of hydrogen-bond donors (Lipinski definition) is 2. The average Bonchev–Trinajstić information content (AvgIpc) is 2.83. The van der Waals surface area contributed by atoms with E-state index in [1.165, 1.54) is 6.07 Å². The van der Waals surface area contributed by atoms with E-state index in [0.29, 0.717) is 4.90 Å². The summed E-state index contributed by atoms with van der Waals surface area (Å²) in [6.07, 6.45) is -1.52. The zero-order valence-electron chi connectivity index (χ0n) is 15.6. The Balaban J connectivity index is 1.96. The largest absolute Gasteiger partial charge is 0.480 e. The molecule has 1 spiro atoms. The number of fused-ring (bicyclic) bond motifs is 2. The van der Waals surface area contributed by atoms with Gasteiger partial charge in [-0.3, -0.25) is 14.4 Å². The molecule has 1 fully saturated rings. The van der Waals surface area contributed by atoms with E-state index in [9.17, 15) is 23.6 Å². The van der Waals surface area contributed by atoms with Crippen LogP contribution in [0.1, 0.15) is 32.8 Å².